The molecule has 0 aliphatic heterocycles. The topological polar surface area (TPSA) is 29.1 Å². The van der Waals surface area contributed by atoms with Gasteiger partial charge in [-0.25, -0.2) is 0 Å². The second kappa shape index (κ2) is 10.5. The summed E-state index contributed by atoms with van der Waals surface area (Å²) in [7, 11) is 0. The Kier molecular flexibility index (Phi) is 7.69. The summed E-state index contributed by atoms with van der Waals surface area (Å²) in [4.78, 5) is 13.2. The number of nitrogens with one attached hydrogen (secondary N) is 1. The fourth-order valence-corrected chi connectivity index (χ4v) is 9.83. The summed E-state index contributed by atoms with van der Waals surface area (Å²) in [5.41, 5.74) is 4.63. The minimum Gasteiger partial charge on any atom is -0.326 e. The maximum absolute atomic E-state index is 13.2. The van der Waals surface area contributed by atoms with Gasteiger partial charge < -0.3 is 5.32 Å². The third-order valence-electron chi connectivity index (χ3n) is 12.0. The molecule has 0 saturated heterocycles. The van der Waals surface area contributed by atoms with E-state index in [1.165, 1.54) is 69.8 Å². The molecule has 2 nitrogen and oxygen atoms in total. The first kappa shape index (κ1) is 27.0. The molecule has 3 fully saturated rings. The molecule has 204 valence electrons. The number of amides is 1. The Labute approximate surface area is 227 Å². The molecule has 1 aromatic carbocycles. The number of hydrogen-bond acceptors (Lipinski definition) is 1. The quantitative estimate of drug-likeness (QED) is 0.369. The third-order valence-corrected chi connectivity index (χ3v) is 12.0. The first-order valence-corrected chi connectivity index (χ1v) is 15.7. The van der Waals surface area contributed by atoms with Crippen LogP contribution in [0.3, 0.4) is 0 Å². The van der Waals surface area contributed by atoms with Gasteiger partial charge in [-0.15, -0.1) is 0 Å². The molecule has 0 heterocycles. The molecule has 5 rings (SSSR count). The molecular formula is C35H53NO. The molecule has 3 saturated carbocycles. The maximum Gasteiger partial charge on any atom is 0.231 e. The lowest BCUT2D eigenvalue weighted by molar-refractivity contribution is -0.119. The Hall–Kier alpha value is -1.57. The molecule has 2 heteroatoms. The maximum atomic E-state index is 13.2. The van der Waals surface area contributed by atoms with E-state index in [9.17, 15) is 4.79 Å². The monoisotopic (exact) mass is 503 g/mol. The first-order chi connectivity index (χ1) is 17.6. The van der Waals surface area contributed by atoms with E-state index in [-0.39, 0.29) is 11.8 Å². The highest BCUT2D eigenvalue weighted by molar-refractivity contribution is 5.93. The standard InChI is InChI=1S/C35H53NO/c1-23(2)8-7-9-25(4)30-16-17-31-29-15-12-27-22-26(33(37)36-28-13-10-24(3)11-14-28)18-20-34(27,5)32(29)19-21-35(30,31)6/h10-11,13-14,22-23,25-26,29-32H,7-9,12,15-21H2,1-6H3,(H,36,37)/t25-,26?,29+,30-,31+,32+,34+,35-/m1/s1. The van der Waals surface area contributed by atoms with Crippen molar-refractivity contribution in [3.8, 4) is 0 Å². The van der Waals surface area contributed by atoms with E-state index in [4.69, 9.17) is 0 Å². The summed E-state index contributed by atoms with van der Waals surface area (Å²) in [5.74, 6) is 5.49. The van der Waals surface area contributed by atoms with Crippen LogP contribution in [0.25, 0.3) is 0 Å². The number of aryl methyl sites for hydroxylation is 1. The number of benzene rings is 1. The van der Waals surface area contributed by atoms with Crippen molar-refractivity contribution in [1.82, 2.24) is 0 Å². The molecule has 37 heavy (non-hydrogen) atoms. The van der Waals surface area contributed by atoms with E-state index < -0.39 is 0 Å². The highest BCUT2D eigenvalue weighted by Crippen LogP contribution is 2.68. The van der Waals surface area contributed by atoms with Gasteiger partial charge in [-0.2, -0.15) is 0 Å². The van der Waals surface area contributed by atoms with Crippen molar-refractivity contribution in [3.63, 3.8) is 0 Å². The third kappa shape index (κ3) is 5.08. The molecule has 1 N–H and O–H groups in total. The largest absolute Gasteiger partial charge is 0.326 e. The van der Waals surface area contributed by atoms with Gasteiger partial charge in [0.2, 0.25) is 5.91 Å². The van der Waals surface area contributed by atoms with E-state index in [1.54, 1.807) is 5.57 Å². The molecule has 1 amide bonds. The minimum atomic E-state index is 0.0253. The zero-order chi connectivity index (χ0) is 26.4. The molecular weight excluding hydrogens is 450 g/mol. The Morgan fingerprint density at radius 2 is 1.70 bits per heavy atom. The second-order valence-electron chi connectivity index (χ2n) is 14.6. The van der Waals surface area contributed by atoms with E-state index in [1.807, 2.05) is 12.1 Å². The van der Waals surface area contributed by atoms with Gasteiger partial charge in [-0.3, -0.25) is 4.79 Å². The molecule has 0 bridgehead atoms. The molecule has 8 atom stereocenters. The van der Waals surface area contributed by atoms with Crippen molar-refractivity contribution in [2.75, 3.05) is 5.32 Å². The summed E-state index contributed by atoms with van der Waals surface area (Å²) in [6.07, 6.45) is 17.2. The van der Waals surface area contributed by atoms with Crippen LogP contribution in [0, 0.1) is 59.2 Å². The Bertz CT molecular complexity index is 991. The van der Waals surface area contributed by atoms with Gasteiger partial charge >= 0.3 is 0 Å². The van der Waals surface area contributed by atoms with E-state index in [0.717, 1.165) is 47.6 Å². The Morgan fingerprint density at radius 1 is 0.946 bits per heavy atom. The summed E-state index contributed by atoms with van der Waals surface area (Å²) >= 11 is 0. The van der Waals surface area contributed by atoms with Crippen molar-refractivity contribution in [2.24, 2.45) is 52.3 Å². The highest BCUT2D eigenvalue weighted by Gasteiger charge is 2.59. The number of anilines is 1. The lowest BCUT2D eigenvalue weighted by atomic mass is 9.46. The van der Waals surface area contributed by atoms with Gasteiger partial charge in [0.1, 0.15) is 0 Å². The number of rotatable bonds is 7. The van der Waals surface area contributed by atoms with Crippen molar-refractivity contribution < 1.29 is 4.79 Å². The predicted molar refractivity (Wildman–Crippen MR) is 156 cm³/mol. The van der Waals surface area contributed by atoms with Crippen molar-refractivity contribution >= 4 is 11.6 Å². The van der Waals surface area contributed by atoms with E-state index >= 15 is 0 Å². The van der Waals surface area contributed by atoms with Gasteiger partial charge in [0.25, 0.3) is 0 Å². The summed E-state index contributed by atoms with van der Waals surface area (Å²) in [6, 6.07) is 8.20. The second-order valence-corrected chi connectivity index (χ2v) is 14.6. The number of allylic oxidation sites excluding steroid dienone is 1. The molecule has 0 radical (unpaired) electrons. The van der Waals surface area contributed by atoms with Gasteiger partial charge in [0.15, 0.2) is 0 Å². The smallest absolute Gasteiger partial charge is 0.231 e. The Morgan fingerprint density at radius 3 is 2.43 bits per heavy atom. The van der Waals surface area contributed by atoms with Gasteiger partial charge in [0.05, 0.1) is 5.92 Å². The number of carbonyl (C=O) groups is 1. The van der Waals surface area contributed by atoms with Gasteiger partial charge in [0, 0.05) is 5.69 Å². The zero-order valence-electron chi connectivity index (χ0n) is 24.6. The van der Waals surface area contributed by atoms with Crippen molar-refractivity contribution in [3.05, 3.63) is 41.5 Å². The molecule has 0 spiro atoms. The number of hydrogen-bond donors (Lipinski definition) is 1. The van der Waals surface area contributed by atoms with Crippen LogP contribution in [0.1, 0.15) is 111 Å². The zero-order valence-corrected chi connectivity index (χ0v) is 24.6. The molecule has 4 aliphatic carbocycles. The van der Waals surface area contributed by atoms with Crippen molar-refractivity contribution in [1.29, 1.82) is 0 Å². The molecule has 4 aliphatic rings. The van der Waals surface area contributed by atoms with Gasteiger partial charge in [-0.1, -0.05) is 83.2 Å². The van der Waals surface area contributed by atoms with E-state index in [2.05, 4.69) is 65.1 Å². The molecule has 1 unspecified atom stereocenters. The molecule has 0 aromatic heterocycles. The highest BCUT2D eigenvalue weighted by atomic mass is 16.1. The van der Waals surface area contributed by atoms with Crippen LogP contribution in [0.5, 0.6) is 0 Å². The van der Waals surface area contributed by atoms with Crippen LogP contribution in [0.15, 0.2) is 35.9 Å². The molecule has 1 aromatic rings. The fraction of sp³-hybridized carbons (Fsp3) is 0.743. The minimum absolute atomic E-state index is 0.0253. The van der Waals surface area contributed by atoms with Crippen LogP contribution in [0.4, 0.5) is 5.69 Å². The van der Waals surface area contributed by atoms with Crippen LogP contribution in [-0.4, -0.2) is 5.91 Å². The SMILES string of the molecule is Cc1ccc(NC(=O)C2C=C3CC[C@H]4[C@@H]5CC[C@H]([C@H](C)CCCC(C)C)[C@@]5(C)CC[C@@H]4[C@@]3(C)CC2)cc1. The van der Waals surface area contributed by atoms with Gasteiger partial charge in [-0.05, 0) is 117 Å². The average molecular weight is 504 g/mol. The van der Waals surface area contributed by atoms with Crippen LogP contribution < -0.4 is 5.32 Å². The first-order valence-electron chi connectivity index (χ1n) is 15.7. The Balaban J connectivity index is 1.26. The average Bonchev–Trinajstić information content (AvgIpc) is 3.22. The van der Waals surface area contributed by atoms with Crippen LogP contribution in [-0.2, 0) is 4.79 Å². The lowest BCUT2D eigenvalue weighted by Crippen LogP contribution is -2.51. The summed E-state index contributed by atoms with van der Waals surface area (Å²) in [6.45, 7) is 14.7. The summed E-state index contributed by atoms with van der Waals surface area (Å²) in [5, 5.41) is 3.19. The normalized spacial score (nSPS) is 37.8. The predicted octanol–water partition coefficient (Wildman–Crippen LogP) is 9.59. The van der Waals surface area contributed by atoms with Crippen LogP contribution in [0.2, 0.25) is 0 Å². The fourth-order valence-electron chi connectivity index (χ4n) is 9.83. The lowest BCUT2D eigenvalue weighted by Gasteiger charge is -2.59. The van der Waals surface area contributed by atoms with Crippen molar-refractivity contribution in [2.45, 2.75) is 112 Å². The summed E-state index contributed by atoms with van der Waals surface area (Å²) < 4.78 is 0. The number of fused-ring (bicyclic) bond motifs is 5. The van der Waals surface area contributed by atoms with E-state index in [0.29, 0.717) is 10.8 Å². The van der Waals surface area contributed by atoms with Crippen LogP contribution >= 0.6 is 0 Å². The number of carbonyl (C=O) groups excluding carboxylic acids is 1.